The molecule has 6 nitrogen and oxygen atoms in total. The monoisotopic (exact) mass is 391 g/mol. The predicted octanol–water partition coefficient (Wildman–Crippen LogP) is 4.13. The summed E-state index contributed by atoms with van der Waals surface area (Å²) in [5.41, 5.74) is 0. The van der Waals surface area contributed by atoms with Crippen LogP contribution in [0.4, 0.5) is 0 Å². The van der Waals surface area contributed by atoms with Crippen LogP contribution >= 0.6 is 0 Å². The third-order valence-corrected chi connectivity index (χ3v) is 5.89. The van der Waals surface area contributed by atoms with Gasteiger partial charge in [0.25, 0.3) is 0 Å². The van der Waals surface area contributed by atoms with Gasteiger partial charge in [-0.05, 0) is 23.7 Å². The Morgan fingerprint density at radius 3 is 1.11 bits per heavy atom. The molecule has 6 heteroatoms. The molecular formula is C22H37N3O3. The standard InChI is InChI=1S/C22H37N3O3/c1-13(2)17-10-26-20(23-17)7-16(8-21-24-18(11-27-21)14(3)4)9-22-25-19(12-28-22)15(5)6/h13-19H,7-12H2,1-6H3/t17-,18-,19-/m1/s1. The molecule has 28 heavy (non-hydrogen) atoms. The van der Waals surface area contributed by atoms with Crippen molar-refractivity contribution in [2.75, 3.05) is 19.8 Å². The Bertz CT molecular complexity index is 539. The molecule has 0 spiro atoms. The lowest BCUT2D eigenvalue weighted by Gasteiger charge is -2.16. The van der Waals surface area contributed by atoms with Gasteiger partial charge >= 0.3 is 0 Å². The summed E-state index contributed by atoms with van der Waals surface area (Å²) in [5.74, 6) is 4.36. The normalized spacial score (nSPS) is 27.2. The Morgan fingerprint density at radius 2 is 0.893 bits per heavy atom. The van der Waals surface area contributed by atoms with E-state index in [4.69, 9.17) is 29.2 Å². The molecule has 0 unspecified atom stereocenters. The predicted molar refractivity (Wildman–Crippen MR) is 113 cm³/mol. The molecule has 0 bridgehead atoms. The summed E-state index contributed by atoms with van der Waals surface area (Å²) < 4.78 is 17.7. The van der Waals surface area contributed by atoms with Crippen LogP contribution in [0.15, 0.2) is 15.0 Å². The van der Waals surface area contributed by atoms with Crippen molar-refractivity contribution < 1.29 is 14.2 Å². The highest BCUT2D eigenvalue weighted by molar-refractivity contribution is 5.84. The van der Waals surface area contributed by atoms with Crippen LogP contribution in [-0.4, -0.2) is 55.6 Å². The highest BCUT2D eigenvalue weighted by atomic mass is 16.5. The highest BCUT2D eigenvalue weighted by Crippen LogP contribution is 2.26. The first-order valence-corrected chi connectivity index (χ1v) is 10.9. The fraction of sp³-hybridized carbons (Fsp3) is 0.864. The van der Waals surface area contributed by atoms with Crippen molar-refractivity contribution in [1.29, 1.82) is 0 Å². The first-order chi connectivity index (χ1) is 13.3. The molecule has 0 aromatic heterocycles. The van der Waals surface area contributed by atoms with E-state index >= 15 is 0 Å². The molecule has 3 atom stereocenters. The smallest absolute Gasteiger partial charge is 0.183 e. The molecule has 0 saturated heterocycles. The van der Waals surface area contributed by atoms with E-state index in [1.54, 1.807) is 0 Å². The lowest BCUT2D eigenvalue weighted by molar-refractivity contribution is 0.267. The lowest BCUT2D eigenvalue weighted by atomic mass is 9.97. The molecule has 0 N–H and O–H groups in total. The molecule has 3 rings (SSSR count). The maximum Gasteiger partial charge on any atom is 0.183 e. The molecule has 0 aromatic carbocycles. The van der Waals surface area contributed by atoms with Crippen molar-refractivity contribution in [2.45, 2.75) is 78.9 Å². The zero-order chi connectivity index (χ0) is 20.3. The van der Waals surface area contributed by atoms with Crippen LogP contribution in [0.25, 0.3) is 0 Å². The number of hydrogen-bond acceptors (Lipinski definition) is 6. The van der Waals surface area contributed by atoms with Crippen LogP contribution < -0.4 is 0 Å². The molecule has 0 fully saturated rings. The molecule has 3 aliphatic heterocycles. The Morgan fingerprint density at radius 1 is 0.607 bits per heavy atom. The van der Waals surface area contributed by atoms with Crippen LogP contribution in [0.3, 0.4) is 0 Å². The topological polar surface area (TPSA) is 64.8 Å². The zero-order valence-electron chi connectivity index (χ0n) is 18.4. The van der Waals surface area contributed by atoms with E-state index in [0.29, 0.717) is 37.6 Å². The van der Waals surface area contributed by atoms with E-state index in [9.17, 15) is 0 Å². The summed E-state index contributed by atoms with van der Waals surface area (Å²) >= 11 is 0. The number of aliphatic imine (C=N–C) groups is 3. The minimum Gasteiger partial charge on any atom is -0.479 e. The van der Waals surface area contributed by atoms with Crippen LogP contribution in [0.2, 0.25) is 0 Å². The van der Waals surface area contributed by atoms with Crippen molar-refractivity contribution in [1.82, 2.24) is 0 Å². The molecule has 0 saturated carbocycles. The second-order valence-electron chi connectivity index (χ2n) is 9.41. The zero-order valence-corrected chi connectivity index (χ0v) is 18.4. The number of ether oxygens (including phenoxy) is 3. The summed E-state index contributed by atoms with van der Waals surface area (Å²) in [6, 6.07) is 0.810. The van der Waals surface area contributed by atoms with E-state index < -0.39 is 0 Å². The van der Waals surface area contributed by atoms with Crippen LogP contribution in [-0.2, 0) is 14.2 Å². The summed E-state index contributed by atoms with van der Waals surface area (Å²) in [6.45, 7) is 15.2. The van der Waals surface area contributed by atoms with E-state index in [0.717, 1.165) is 37.0 Å². The van der Waals surface area contributed by atoms with Crippen molar-refractivity contribution in [3.63, 3.8) is 0 Å². The minimum absolute atomic E-state index is 0.270. The van der Waals surface area contributed by atoms with E-state index in [2.05, 4.69) is 41.5 Å². The summed E-state index contributed by atoms with van der Waals surface area (Å²) in [6.07, 6.45) is 2.35. The Kier molecular flexibility index (Phi) is 7.00. The molecule has 158 valence electrons. The van der Waals surface area contributed by atoms with Gasteiger partial charge in [-0.3, -0.25) is 0 Å². The molecule has 0 radical (unpaired) electrons. The summed E-state index contributed by atoms with van der Waals surface area (Å²) in [4.78, 5) is 14.4. The molecule has 3 aliphatic rings. The van der Waals surface area contributed by atoms with Gasteiger partial charge < -0.3 is 14.2 Å². The van der Waals surface area contributed by atoms with Gasteiger partial charge in [0.15, 0.2) is 17.7 Å². The SMILES string of the molecule is CC(C)[C@H]1COC(CC(CC2=N[C@@H](C(C)C)CO2)CC2=N[C@@H](C(C)C)CO2)=N1. The average molecular weight is 392 g/mol. The molecule has 0 aromatic rings. The largest absolute Gasteiger partial charge is 0.479 e. The molecule has 0 aliphatic carbocycles. The van der Waals surface area contributed by atoms with Crippen LogP contribution in [0.5, 0.6) is 0 Å². The fourth-order valence-corrected chi connectivity index (χ4v) is 3.64. The molecule has 3 heterocycles. The third-order valence-electron chi connectivity index (χ3n) is 5.89. The summed E-state index contributed by atoms with van der Waals surface area (Å²) in [5, 5.41) is 0. The van der Waals surface area contributed by atoms with Gasteiger partial charge in [0.1, 0.15) is 19.8 Å². The first-order valence-electron chi connectivity index (χ1n) is 10.9. The Balaban J connectivity index is 1.67. The van der Waals surface area contributed by atoms with E-state index in [1.807, 2.05) is 0 Å². The maximum absolute atomic E-state index is 5.89. The van der Waals surface area contributed by atoms with Gasteiger partial charge in [-0.25, -0.2) is 15.0 Å². The highest BCUT2D eigenvalue weighted by Gasteiger charge is 2.30. The number of nitrogens with zero attached hydrogens (tertiary/aromatic N) is 3. The van der Waals surface area contributed by atoms with Gasteiger partial charge in [0.05, 0.1) is 18.1 Å². The van der Waals surface area contributed by atoms with Gasteiger partial charge in [0, 0.05) is 19.3 Å². The Hall–Kier alpha value is -1.59. The second kappa shape index (κ2) is 9.27. The van der Waals surface area contributed by atoms with Crippen molar-refractivity contribution in [3.8, 4) is 0 Å². The second-order valence-corrected chi connectivity index (χ2v) is 9.41. The van der Waals surface area contributed by atoms with Crippen LogP contribution in [0.1, 0.15) is 60.8 Å². The maximum atomic E-state index is 5.89. The van der Waals surface area contributed by atoms with Gasteiger partial charge in [-0.1, -0.05) is 41.5 Å². The van der Waals surface area contributed by atoms with Gasteiger partial charge in [-0.15, -0.1) is 0 Å². The average Bonchev–Trinajstić information content (AvgIpc) is 3.35. The Labute approximate surface area is 169 Å². The van der Waals surface area contributed by atoms with Crippen molar-refractivity contribution >= 4 is 17.7 Å². The third kappa shape index (κ3) is 5.48. The number of hydrogen-bond donors (Lipinski definition) is 0. The fourth-order valence-electron chi connectivity index (χ4n) is 3.64. The quantitative estimate of drug-likeness (QED) is 0.593. The van der Waals surface area contributed by atoms with E-state index in [1.165, 1.54) is 0 Å². The lowest BCUT2D eigenvalue weighted by Crippen LogP contribution is -2.18. The van der Waals surface area contributed by atoms with Gasteiger partial charge in [0.2, 0.25) is 0 Å². The summed E-state index contributed by atoms with van der Waals surface area (Å²) in [7, 11) is 0. The van der Waals surface area contributed by atoms with E-state index in [-0.39, 0.29) is 24.0 Å². The van der Waals surface area contributed by atoms with Gasteiger partial charge in [-0.2, -0.15) is 0 Å². The van der Waals surface area contributed by atoms with Crippen LogP contribution in [0, 0.1) is 23.7 Å². The van der Waals surface area contributed by atoms with Crippen molar-refractivity contribution in [2.24, 2.45) is 38.6 Å². The minimum atomic E-state index is 0.270. The van der Waals surface area contributed by atoms with Crippen molar-refractivity contribution in [3.05, 3.63) is 0 Å². The number of rotatable bonds is 9. The molecular weight excluding hydrogens is 354 g/mol. The first kappa shape index (κ1) is 21.1. The molecule has 0 amide bonds.